The number of nitrogens with zero attached hydrogens (tertiary/aromatic N) is 1. The number of aliphatic hydroxyl groups is 1. The molecule has 1 N–H and O–H groups in total. The summed E-state index contributed by atoms with van der Waals surface area (Å²) in [6.45, 7) is 4.45. The predicted octanol–water partition coefficient (Wildman–Crippen LogP) is 3.43. The van der Waals surface area contributed by atoms with Crippen LogP contribution in [0, 0.1) is 0 Å². The highest BCUT2D eigenvalue weighted by atomic mass is 32.1. The van der Waals surface area contributed by atoms with Gasteiger partial charge < -0.3 is 5.11 Å². The standard InChI is InChI=1S/C13H15NOS/c1-9(2)13-12(14-8-16-13)11-5-3-10(7-15)4-6-11/h3-6,8-9,15H,7H2,1-2H3. The van der Waals surface area contributed by atoms with Crippen LogP contribution in [0.3, 0.4) is 0 Å². The van der Waals surface area contributed by atoms with Crippen LogP contribution in [-0.4, -0.2) is 10.1 Å². The first-order valence-corrected chi connectivity index (χ1v) is 6.24. The molecule has 0 saturated heterocycles. The molecule has 1 aromatic carbocycles. The molecule has 1 aromatic heterocycles. The van der Waals surface area contributed by atoms with Gasteiger partial charge in [0.15, 0.2) is 0 Å². The van der Waals surface area contributed by atoms with E-state index in [0.29, 0.717) is 5.92 Å². The second-order valence-corrected chi connectivity index (χ2v) is 4.96. The molecule has 0 aliphatic carbocycles. The first kappa shape index (κ1) is 11.3. The molecule has 0 atom stereocenters. The first-order chi connectivity index (χ1) is 7.72. The van der Waals surface area contributed by atoms with E-state index in [9.17, 15) is 0 Å². The van der Waals surface area contributed by atoms with E-state index in [2.05, 4.69) is 18.8 Å². The van der Waals surface area contributed by atoms with Crippen LogP contribution < -0.4 is 0 Å². The lowest BCUT2D eigenvalue weighted by atomic mass is 10.0. The minimum Gasteiger partial charge on any atom is -0.392 e. The highest BCUT2D eigenvalue weighted by molar-refractivity contribution is 7.10. The van der Waals surface area contributed by atoms with Gasteiger partial charge in [-0.1, -0.05) is 38.1 Å². The van der Waals surface area contributed by atoms with Crippen molar-refractivity contribution in [3.05, 3.63) is 40.2 Å². The Kier molecular flexibility index (Phi) is 3.36. The Balaban J connectivity index is 2.38. The molecule has 0 radical (unpaired) electrons. The molecule has 0 aliphatic rings. The average molecular weight is 233 g/mol. The Labute approximate surface area is 99.6 Å². The molecule has 0 saturated carbocycles. The van der Waals surface area contributed by atoms with Crippen molar-refractivity contribution >= 4 is 11.3 Å². The summed E-state index contributed by atoms with van der Waals surface area (Å²) in [6, 6.07) is 7.93. The third-order valence-corrected chi connectivity index (χ3v) is 3.66. The summed E-state index contributed by atoms with van der Waals surface area (Å²) in [5.74, 6) is 0.500. The number of aliphatic hydroxyl groups excluding tert-OH is 1. The fraction of sp³-hybridized carbons (Fsp3) is 0.308. The number of aromatic nitrogens is 1. The zero-order chi connectivity index (χ0) is 11.5. The molecule has 0 unspecified atom stereocenters. The summed E-state index contributed by atoms with van der Waals surface area (Å²) in [5.41, 5.74) is 5.03. The van der Waals surface area contributed by atoms with E-state index in [-0.39, 0.29) is 6.61 Å². The summed E-state index contributed by atoms with van der Waals surface area (Å²) < 4.78 is 0. The second-order valence-electron chi connectivity index (χ2n) is 4.07. The Morgan fingerprint density at radius 1 is 1.25 bits per heavy atom. The van der Waals surface area contributed by atoms with Gasteiger partial charge in [-0.2, -0.15) is 0 Å². The molecular formula is C13H15NOS. The largest absolute Gasteiger partial charge is 0.392 e. The van der Waals surface area contributed by atoms with Crippen molar-refractivity contribution in [1.29, 1.82) is 0 Å². The van der Waals surface area contributed by atoms with E-state index < -0.39 is 0 Å². The summed E-state index contributed by atoms with van der Waals surface area (Å²) in [4.78, 5) is 5.74. The van der Waals surface area contributed by atoms with Crippen LogP contribution in [0.5, 0.6) is 0 Å². The van der Waals surface area contributed by atoms with Gasteiger partial charge in [0, 0.05) is 10.4 Å². The van der Waals surface area contributed by atoms with E-state index in [1.54, 1.807) is 11.3 Å². The van der Waals surface area contributed by atoms with Gasteiger partial charge in [-0.25, -0.2) is 4.98 Å². The van der Waals surface area contributed by atoms with E-state index in [1.807, 2.05) is 29.8 Å². The van der Waals surface area contributed by atoms with E-state index >= 15 is 0 Å². The van der Waals surface area contributed by atoms with Crippen molar-refractivity contribution in [2.75, 3.05) is 0 Å². The highest BCUT2D eigenvalue weighted by Crippen LogP contribution is 2.31. The number of thiazole rings is 1. The number of benzene rings is 1. The Hall–Kier alpha value is -1.19. The SMILES string of the molecule is CC(C)c1scnc1-c1ccc(CO)cc1. The molecule has 2 nitrogen and oxygen atoms in total. The molecule has 1 heterocycles. The molecule has 0 fully saturated rings. The fourth-order valence-corrected chi connectivity index (χ4v) is 2.48. The number of hydrogen-bond donors (Lipinski definition) is 1. The van der Waals surface area contributed by atoms with Crippen molar-refractivity contribution in [2.45, 2.75) is 26.4 Å². The van der Waals surface area contributed by atoms with Crippen molar-refractivity contribution < 1.29 is 5.11 Å². The maximum atomic E-state index is 8.99. The van der Waals surface area contributed by atoms with Gasteiger partial charge in [-0.3, -0.25) is 0 Å². The van der Waals surface area contributed by atoms with Crippen LogP contribution in [0.2, 0.25) is 0 Å². The third-order valence-electron chi connectivity index (χ3n) is 2.53. The van der Waals surface area contributed by atoms with E-state index in [4.69, 9.17) is 5.11 Å². The zero-order valence-corrected chi connectivity index (χ0v) is 10.3. The van der Waals surface area contributed by atoms with Crippen molar-refractivity contribution in [3.63, 3.8) is 0 Å². The summed E-state index contributed by atoms with van der Waals surface area (Å²) in [7, 11) is 0. The van der Waals surface area contributed by atoms with Crippen molar-refractivity contribution in [3.8, 4) is 11.3 Å². The van der Waals surface area contributed by atoms with Crippen molar-refractivity contribution in [2.24, 2.45) is 0 Å². The monoisotopic (exact) mass is 233 g/mol. The van der Waals surface area contributed by atoms with Gasteiger partial charge >= 0.3 is 0 Å². The summed E-state index contributed by atoms with van der Waals surface area (Å²) >= 11 is 1.70. The van der Waals surface area contributed by atoms with Gasteiger partial charge in [0.25, 0.3) is 0 Å². The molecule has 2 rings (SSSR count). The van der Waals surface area contributed by atoms with Gasteiger partial charge in [-0.05, 0) is 11.5 Å². The minimum atomic E-state index is 0.0916. The lowest BCUT2D eigenvalue weighted by Gasteiger charge is -2.06. The van der Waals surface area contributed by atoms with Crippen LogP contribution in [0.4, 0.5) is 0 Å². The van der Waals surface area contributed by atoms with Gasteiger partial charge in [0.05, 0.1) is 17.8 Å². The molecule has 3 heteroatoms. The third kappa shape index (κ3) is 2.15. The average Bonchev–Trinajstić information content (AvgIpc) is 2.78. The lowest BCUT2D eigenvalue weighted by molar-refractivity contribution is 0.282. The molecule has 0 aliphatic heterocycles. The Bertz CT molecular complexity index is 459. The van der Waals surface area contributed by atoms with Crippen LogP contribution in [0.1, 0.15) is 30.2 Å². The summed E-state index contributed by atoms with van der Waals surface area (Å²) in [5, 5.41) is 8.99. The van der Waals surface area contributed by atoms with Gasteiger partial charge in [-0.15, -0.1) is 11.3 Å². The highest BCUT2D eigenvalue weighted by Gasteiger charge is 2.11. The maximum absolute atomic E-state index is 8.99. The molecule has 0 amide bonds. The Morgan fingerprint density at radius 3 is 2.50 bits per heavy atom. The fourth-order valence-electron chi connectivity index (χ4n) is 1.65. The zero-order valence-electron chi connectivity index (χ0n) is 9.47. The van der Waals surface area contributed by atoms with Crippen molar-refractivity contribution in [1.82, 2.24) is 4.98 Å². The van der Waals surface area contributed by atoms with Gasteiger partial charge in [0.2, 0.25) is 0 Å². The molecule has 84 valence electrons. The smallest absolute Gasteiger partial charge is 0.0845 e. The maximum Gasteiger partial charge on any atom is 0.0845 e. The van der Waals surface area contributed by atoms with E-state index in [0.717, 1.165) is 16.8 Å². The molecule has 0 bridgehead atoms. The quantitative estimate of drug-likeness (QED) is 0.881. The number of hydrogen-bond acceptors (Lipinski definition) is 3. The topological polar surface area (TPSA) is 33.1 Å². The predicted molar refractivity (Wildman–Crippen MR) is 67.6 cm³/mol. The minimum absolute atomic E-state index is 0.0916. The lowest BCUT2D eigenvalue weighted by Crippen LogP contribution is -1.89. The second kappa shape index (κ2) is 4.76. The molecule has 16 heavy (non-hydrogen) atoms. The van der Waals surface area contributed by atoms with Crippen LogP contribution in [0.15, 0.2) is 29.8 Å². The van der Waals surface area contributed by atoms with Crippen LogP contribution >= 0.6 is 11.3 Å². The van der Waals surface area contributed by atoms with Crippen LogP contribution in [-0.2, 0) is 6.61 Å². The first-order valence-electron chi connectivity index (χ1n) is 5.36. The normalized spacial score (nSPS) is 11.0. The molecular weight excluding hydrogens is 218 g/mol. The van der Waals surface area contributed by atoms with Gasteiger partial charge in [0.1, 0.15) is 0 Å². The Morgan fingerprint density at radius 2 is 1.94 bits per heavy atom. The molecule has 0 spiro atoms. The van der Waals surface area contributed by atoms with E-state index in [1.165, 1.54) is 4.88 Å². The van der Waals surface area contributed by atoms with Crippen LogP contribution in [0.25, 0.3) is 11.3 Å². The molecule has 2 aromatic rings. The summed E-state index contributed by atoms with van der Waals surface area (Å²) in [6.07, 6.45) is 0. The number of rotatable bonds is 3.